The van der Waals surface area contributed by atoms with Gasteiger partial charge in [-0.25, -0.2) is 0 Å². The third-order valence-electron chi connectivity index (χ3n) is 1.59. The summed E-state index contributed by atoms with van der Waals surface area (Å²) in [6, 6.07) is 0. The van der Waals surface area contributed by atoms with Gasteiger partial charge in [0.25, 0.3) is 0 Å². The summed E-state index contributed by atoms with van der Waals surface area (Å²) in [5.41, 5.74) is 0. The first kappa shape index (κ1) is 14.7. The Kier molecular flexibility index (Phi) is 7.05. The zero-order valence-corrected chi connectivity index (χ0v) is 8.31. The maximum absolute atomic E-state index is 5.58. The van der Waals surface area contributed by atoms with Crippen molar-refractivity contribution in [3.8, 4) is 0 Å². The van der Waals surface area contributed by atoms with Gasteiger partial charge in [-0.15, -0.1) is 0 Å². The molecule has 0 unspecified atom stereocenters. The van der Waals surface area contributed by atoms with E-state index in [0.29, 0.717) is 0 Å². The van der Waals surface area contributed by atoms with E-state index >= 15 is 0 Å². The minimum absolute atomic E-state index is 0. The maximum atomic E-state index is 5.58. The van der Waals surface area contributed by atoms with Crippen molar-refractivity contribution in [2.45, 2.75) is 47.3 Å². The summed E-state index contributed by atoms with van der Waals surface area (Å²) in [7, 11) is -0.918. The highest BCUT2D eigenvalue weighted by Gasteiger charge is 2.22. The molecular weight excluding hydrogens is 164 g/mol. The van der Waals surface area contributed by atoms with Crippen molar-refractivity contribution in [1.29, 1.82) is 0 Å². The molecule has 0 heterocycles. The lowest BCUT2D eigenvalue weighted by Gasteiger charge is -2.15. The van der Waals surface area contributed by atoms with Crippen LogP contribution in [0.15, 0.2) is 0 Å². The molecule has 1 rings (SSSR count). The molecule has 0 aromatic carbocycles. The van der Waals surface area contributed by atoms with Crippen LogP contribution < -0.4 is 0 Å². The second-order valence-electron chi connectivity index (χ2n) is 4.52. The van der Waals surface area contributed by atoms with Crippen molar-refractivity contribution in [2.75, 3.05) is 12.8 Å². The molecule has 0 bridgehead atoms. The van der Waals surface area contributed by atoms with Crippen molar-refractivity contribution in [2.24, 2.45) is 5.92 Å². The van der Waals surface area contributed by atoms with Crippen LogP contribution in [0.5, 0.6) is 0 Å². The molecule has 1 saturated carbocycles. The molecule has 0 saturated heterocycles. The average molecular weight is 190 g/mol. The Morgan fingerprint density at radius 3 is 2.00 bits per heavy atom. The Labute approximate surface area is 79.5 Å². The summed E-state index contributed by atoms with van der Waals surface area (Å²) < 4.78 is 5.58. The lowest BCUT2D eigenvalue weighted by Crippen LogP contribution is -2.28. The second-order valence-corrected chi connectivity index (χ2v) is 9.93. The first-order valence-electron chi connectivity index (χ1n) is 4.16. The monoisotopic (exact) mass is 190 g/mol. The Balaban J connectivity index is 0. The first-order chi connectivity index (χ1) is 4.58. The van der Waals surface area contributed by atoms with Gasteiger partial charge < -0.3 is 4.74 Å². The van der Waals surface area contributed by atoms with Crippen molar-refractivity contribution in [3.05, 3.63) is 0 Å². The van der Waals surface area contributed by atoms with Crippen LogP contribution in [0.25, 0.3) is 0 Å². The van der Waals surface area contributed by atoms with E-state index in [1.54, 1.807) is 0 Å². The van der Waals surface area contributed by atoms with Crippen LogP contribution in [0.3, 0.4) is 0 Å². The summed E-state index contributed by atoms with van der Waals surface area (Å²) >= 11 is 0. The highest BCUT2D eigenvalue weighted by atomic mass is 28.3. The maximum Gasteiger partial charge on any atom is 0.0746 e. The fourth-order valence-electron chi connectivity index (χ4n) is 0.816. The normalized spacial score (nSPS) is 16.2. The molecule has 1 aliphatic rings. The molecule has 0 radical (unpaired) electrons. The van der Waals surface area contributed by atoms with E-state index in [2.05, 4.69) is 19.6 Å². The first-order valence-corrected chi connectivity index (χ1v) is 7.86. The predicted octanol–water partition coefficient (Wildman–Crippen LogP) is 3.56. The summed E-state index contributed by atoms with van der Waals surface area (Å²) in [4.78, 5) is 0. The fourth-order valence-corrected chi connectivity index (χ4v) is 1.55. The zero-order chi connectivity index (χ0) is 7.61. The Bertz CT molecular complexity index is 103. The van der Waals surface area contributed by atoms with Gasteiger partial charge in [-0.1, -0.05) is 34.5 Å². The quantitative estimate of drug-likeness (QED) is 0.616. The topological polar surface area (TPSA) is 9.23 Å². The Morgan fingerprint density at radius 2 is 1.67 bits per heavy atom. The average Bonchev–Trinajstić information content (AvgIpc) is 2.45. The molecule has 1 nitrogen and oxygen atoms in total. The molecule has 2 heteroatoms. The van der Waals surface area contributed by atoms with Gasteiger partial charge in [0, 0.05) is 12.8 Å². The lowest BCUT2D eigenvalue weighted by atomic mass is 10.5. The highest BCUT2D eigenvalue weighted by Crippen LogP contribution is 2.28. The molecule has 12 heavy (non-hydrogen) atoms. The SMILES string of the molecule is C.C.C[Si](C)(C)COCC1CC1. The van der Waals surface area contributed by atoms with E-state index in [9.17, 15) is 0 Å². The third kappa shape index (κ3) is 8.28. The lowest BCUT2D eigenvalue weighted by molar-refractivity contribution is 0.161. The van der Waals surface area contributed by atoms with Gasteiger partial charge in [-0.05, 0) is 18.8 Å². The summed E-state index contributed by atoms with van der Waals surface area (Å²) in [5.74, 6) is 0.927. The summed E-state index contributed by atoms with van der Waals surface area (Å²) in [6.45, 7) is 8.07. The molecule has 0 aliphatic heterocycles. The molecule has 1 fully saturated rings. The molecule has 0 spiro atoms. The molecule has 0 amide bonds. The number of ether oxygens (including phenoxy) is 1. The molecule has 0 aromatic rings. The van der Waals surface area contributed by atoms with Gasteiger partial charge in [-0.2, -0.15) is 0 Å². The number of rotatable bonds is 4. The largest absolute Gasteiger partial charge is 0.384 e. The minimum atomic E-state index is -0.918. The van der Waals surface area contributed by atoms with Crippen LogP contribution in [-0.2, 0) is 4.74 Å². The smallest absolute Gasteiger partial charge is 0.0746 e. The van der Waals surface area contributed by atoms with Crippen LogP contribution in [0.2, 0.25) is 19.6 Å². The highest BCUT2D eigenvalue weighted by molar-refractivity contribution is 6.76. The van der Waals surface area contributed by atoms with E-state index in [0.717, 1.165) is 18.8 Å². The van der Waals surface area contributed by atoms with E-state index in [4.69, 9.17) is 4.74 Å². The van der Waals surface area contributed by atoms with Crippen molar-refractivity contribution in [3.63, 3.8) is 0 Å². The molecular formula is C10H26OSi. The minimum Gasteiger partial charge on any atom is -0.384 e. The molecule has 0 atom stereocenters. The van der Waals surface area contributed by atoms with Gasteiger partial charge >= 0.3 is 0 Å². The standard InChI is InChI=1S/C8H18OSi.2CH4/c1-10(2,3)7-9-6-8-4-5-8;;/h8H,4-7H2,1-3H3;2*1H4. The van der Waals surface area contributed by atoms with Crippen LogP contribution in [0.4, 0.5) is 0 Å². The molecule has 0 aromatic heterocycles. The van der Waals surface area contributed by atoms with E-state index < -0.39 is 8.07 Å². The van der Waals surface area contributed by atoms with E-state index in [-0.39, 0.29) is 14.9 Å². The predicted molar refractivity (Wildman–Crippen MR) is 60.4 cm³/mol. The Morgan fingerprint density at radius 1 is 1.17 bits per heavy atom. The summed E-state index contributed by atoms with van der Waals surface area (Å²) in [5, 5.41) is 0. The van der Waals surface area contributed by atoms with Crippen molar-refractivity contribution < 1.29 is 4.74 Å². The number of hydrogen-bond donors (Lipinski definition) is 0. The second kappa shape index (κ2) is 5.76. The summed E-state index contributed by atoms with van der Waals surface area (Å²) in [6.07, 6.45) is 3.86. The van der Waals surface area contributed by atoms with Crippen LogP contribution in [0, 0.1) is 5.92 Å². The van der Waals surface area contributed by atoms with Gasteiger partial charge in [0.05, 0.1) is 8.07 Å². The van der Waals surface area contributed by atoms with Gasteiger partial charge in [-0.3, -0.25) is 0 Å². The van der Waals surface area contributed by atoms with Crippen molar-refractivity contribution >= 4 is 8.07 Å². The van der Waals surface area contributed by atoms with Crippen molar-refractivity contribution in [1.82, 2.24) is 0 Å². The third-order valence-corrected chi connectivity index (χ3v) is 2.66. The van der Waals surface area contributed by atoms with Crippen LogP contribution in [-0.4, -0.2) is 20.9 Å². The van der Waals surface area contributed by atoms with E-state index in [1.807, 2.05) is 0 Å². The van der Waals surface area contributed by atoms with E-state index in [1.165, 1.54) is 12.8 Å². The van der Waals surface area contributed by atoms with Crippen LogP contribution in [0.1, 0.15) is 27.7 Å². The van der Waals surface area contributed by atoms with Gasteiger partial charge in [0.1, 0.15) is 0 Å². The van der Waals surface area contributed by atoms with Crippen LogP contribution >= 0.6 is 0 Å². The number of hydrogen-bond acceptors (Lipinski definition) is 1. The zero-order valence-electron chi connectivity index (χ0n) is 7.31. The molecule has 0 N–H and O–H groups in total. The molecule has 76 valence electrons. The van der Waals surface area contributed by atoms with Gasteiger partial charge in [0.2, 0.25) is 0 Å². The fraction of sp³-hybridized carbons (Fsp3) is 1.00. The Hall–Kier alpha value is 0.177. The molecule has 1 aliphatic carbocycles. The van der Waals surface area contributed by atoms with Gasteiger partial charge in [0.15, 0.2) is 0 Å².